The lowest BCUT2D eigenvalue weighted by Gasteiger charge is -2.13. The van der Waals surface area contributed by atoms with Crippen LogP contribution in [0.1, 0.15) is 36.6 Å². The Morgan fingerprint density at radius 3 is 2.62 bits per heavy atom. The van der Waals surface area contributed by atoms with Gasteiger partial charge < -0.3 is 16.0 Å². The van der Waals surface area contributed by atoms with Gasteiger partial charge in [0, 0.05) is 36.9 Å². The van der Waals surface area contributed by atoms with Crippen molar-refractivity contribution in [3.05, 3.63) is 58.3 Å². The van der Waals surface area contributed by atoms with E-state index in [1.165, 1.54) is 4.88 Å². The Bertz CT molecular complexity index is 670. The van der Waals surface area contributed by atoms with E-state index in [4.69, 9.17) is 0 Å². The largest absolute Gasteiger partial charge is 0.357 e. The summed E-state index contributed by atoms with van der Waals surface area (Å²) in [5.74, 6) is 1.18. The first-order valence-corrected chi connectivity index (χ1v) is 9.93. The van der Waals surface area contributed by atoms with Gasteiger partial charge in [-0.2, -0.15) is 0 Å². The van der Waals surface area contributed by atoms with Gasteiger partial charge in [-0.15, -0.1) is 11.3 Å². The maximum atomic E-state index is 12.0. The van der Waals surface area contributed by atoms with Crippen molar-refractivity contribution >= 4 is 23.2 Å². The van der Waals surface area contributed by atoms with E-state index in [0.717, 1.165) is 24.6 Å². The summed E-state index contributed by atoms with van der Waals surface area (Å²) < 4.78 is 0. The van der Waals surface area contributed by atoms with E-state index >= 15 is 0 Å². The van der Waals surface area contributed by atoms with Gasteiger partial charge in [-0.05, 0) is 23.9 Å². The average Bonchev–Trinajstić information content (AvgIpc) is 3.20. The van der Waals surface area contributed by atoms with Crippen molar-refractivity contribution in [2.75, 3.05) is 19.6 Å². The highest BCUT2D eigenvalue weighted by Gasteiger charge is 2.07. The van der Waals surface area contributed by atoms with Crippen LogP contribution in [0.4, 0.5) is 0 Å². The molecule has 1 unspecified atom stereocenters. The third-order valence-electron chi connectivity index (χ3n) is 3.87. The van der Waals surface area contributed by atoms with Gasteiger partial charge >= 0.3 is 0 Å². The van der Waals surface area contributed by atoms with Gasteiger partial charge in [0.05, 0.1) is 6.54 Å². The maximum absolute atomic E-state index is 12.0. The molecule has 0 fully saturated rings. The smallest absolute Gasteiger partial charge is 0.222 e. The van der Waals surface area contributed by atoms with Crippen LogP contribution in [0.2, 0.25) is 0 Å². The van der Waals surface area contributed by atoms with Gasteiger partial charge in [0.25, 0.3) is 0 Å². The van der Waals surface area contributed by atoms with E-state index in [1.54, 1.807) is 11.3 Å². The van der Waals surface area contributed by atoms with E-state index in [1.807, 2.05) is 37.3 Å². The molecule has 26 heavy (non-hydrogen) atoms. The Balaban J connectivity index is 1.71. The second-order valence-corrected chi connectivity index (χ2v) is 7.05. The number of nitrogens with zero attached hydrogens (tertiary/aromatic N) is 1. The van der Waals surface area contributed by atoms with Crippen molar-refractivity contribution in [1.82, 2.24) is 16.0 Å². The molecule has 1 atom stereocenters. The number of hydrogen-bond acceptors (Lipinski definition) is 3. The Morgan fingerprint density at radius 1 is 1.12 bits per heavy atom. The second-order valence-electron chi connectivity index (χ2n) is 6.08. The van der Waals surface area contributed by atoms with E-state index in [2.05, 4.69) is 45.4 Å². The van der Waals surface area contributed by atoms with Crippen molar-refractivity contribution < 1.29 is 4.79 Å². The molecule has 1 heterocycles. The third-order valence-corrected chi connectivity index (χ3v) is 4.98. The molecule has 5 nitrogen and oxygen atoms in total. The van der Waals surface area contributed by atoms with Gasteiger partial charge in [0.2, 0.25) is 5.91 Å². The number of thiophene rings is 1. The molecule has 1 aromatic heterocycles. The number of carbonyl (C=O) groups excluding carboxylic acids is 1. The lowest BCUT2D eigenvalue weighted by molar-refractivity contribution is -0.121. The summed E-state index contributed by atoms with van der Waals surface area (Å²) in [5, 5.41) is 11.5. The van der Waals surface area contributed by atoms with E-state index < -0.39 is 0 Å². The predicted molar refractivity (Wildman–Crippen MR) is 110 cm³/mol. The Morgan fingerprint density at radius 2 is 1.92 bits per heavy atom. The molecule has 1 amide bonds. The number of rotatable bonds is 9. The minimum absolute atomic E-state index is 0.0316. The SMILES string of the molecule is CCNC(=NCC(C)c1cccs1)NCCC(=O)NCc1ccccc1. The van der Waals surface area contributed by atoms with Crippen molar-refractivity contribution in [1.29, 1.82) is 0 Å². The zero-order chi connectivity index (χ0) is 18.6. The number of aliphatic imine (C=N–C) groups is 1. The van der Waals surface area contributed by atoms with Gasteiger partial charge in [-0.1, -0.05) is 43.3 Å². The molecule has 0 saturated carbocycles. The summed E-state index contributed by atoms with van der Waals surface area (Å²) in [5.41, 5.74) is 1.10. The molecule has 0 spiro atoms. The first-order chi connectivity index (χ1) is 12.7. The van der Waals surface area contributed by atoms with Crippen LogP contribution in [0.25, 0.3) is 0 Å². The first-order valence-electron chi connectivity index (χ1n) is 9.05. The van der Waals surface area contributed by atoms with Crippen LogP contribution < -0.4 is 16.0 Å². The fourth-order valence-corrected chi connectivity index (χ4v) is 3.19. The molecule has 2 aromatic rings. The molecule has 0 saturated heterocycles. The summed E-state index contributed by atoms with van der Waals surface area (Å²) in [4.78, 5) is 17.9. The van der Waals surface area contributed by atoms with Crippen LogP contribution in [0.5, 0.6) is 0 Å². The van der Waals surface area contributed by atoms with Crippen LogP contribution in [0.3, 0.4) is 0 Å². The van der Waals surface area contributed by atoms with Crippen molar-refractivity contribution in [3.8, 4) is 0 Å². The van der Waals surface area contributed by atoms with Crippen LogP contribution in [0.15, 0.2) is 52.8 Å². The molecule has 140 valence electrons. The molecular weight excluding hydrogens is 344 g/mol. The Hall–Kier alpha value is -2.34. The van der Waals surface area contributed by atoms with E-state index in [-0.39, 0.29) is 5.91 Å². The van der Waals surface area contributed by atoms with E-state index in [9.17, 15) is 4.79 Å². The number of nitrogens with one attached hydrogen (secondary N) is 3. The van der Waals surface area contributed by atoms with Crippen LogP contribution in [-0.4, -0.2) is 31.5 Å². The molecular formula is C20H28N4OS. The highest BCUT2D eigenvalue weighted by Crippen LogP contribution is 2.20. The minimum Gasteiger partial charge on any atom is -0.357 e. The monoisotopic (exact) mass is 372 g/mol. The normalized spacial score (nSPS) is 12.5. The molecule has 1 aromatic carbocycles. The highest BCUT2D eigenvalue weighted by molar-refractivity contribution is 7.10. The van der Waals surface area contributed by atoms with Gasteiger partial charge in [-0.3, -0.25) is 9.79 Å². The molecule has 0 aliphatic heterocycles. The van der Waals surface area contributed by atoms with Crippen molar-refractivity contribution in [2.45, 2.75) is 32.7 Å². The van der Waals surface area contributed by atoms with Crippen molar-refractivity contribution in [3.63, 3.8) is 0 Å². The molecule has 0 aliphatic rings. The topological polar surface area (TPSA) is 65.5 Å². The first kappa shape index (κ1) is 20.0. The zero-order valence-electron chi connectivity index (χ0n) is 15.5. The number of carbonyl (C=O) groups is 1. The van der Waals surface area contributed by atoms with Crippen LogP contribution in [0, 0.1) is 0 Å². The second kappa shape index (κ2) is 11.3. The molecule has 0 radical (unpaired) electrons. The van der Waals surface area contributed by atoms with Crippen molar-refractivity contribution in [2.24, 2.45) is 4.99 Å². The number of amides is 1. The summed E-state index contributed by atoms with van der Waals surface area (Å²) in [6, 6.07) is 14.1. The lowest BCUT2D eigenvalue weighted by Crippen LogP contribution is -2.39. The molecule has 0 aliphatic carbocycles. The summed E-state index contributed by atoms with van der Waals surface area (Å²) in [6.07, 6.45) is 0.414. The van der Waals surface area contributed by atoms with Crippen LogP contribution >= 0.6 is 11.3 Å². The average molecular weight is 373 g/mol. The third kappa shape index (κ3) is 7.27. The fraction of sp³-hybridized carbons (Fsp3) is 0.400. The van der Waals surface area contributed by atoms with Gasteiger partial charge in [0.15, 0.2) is 5.96 Å². The summed E-state index contributed by atoms with van der Waals surface area (Å²) in [6.45, 7) is 6.84. The zero-order valence-corrected chi connectivity index (χ0v) is 16.3. The quantitative estimate of drug-likeness (QED) is 0.468. The predicted octanol–water partition coefficient (Wildman–Crippen LogP) is 3.11. The summed E-state index contributed by atoms with van der Waals surface area (Å²) >= 11 is 1.76. The lowest BCUT2D eigenvalue weighted by atomic mass is 10.1. The van der Waals surface area contributed by atoms with E-state index in [0.29, 0.717) is 25.4 Å². The van der Waals surface area contributed by atoms with Gasteiger partial charge in [-0.25, -0.2) is 0 Å². The molecule has 0 bridgehead atoms. The maximum Gasteiger partial charge on any atom is 0.222 e. The number of guanidine groups is 1. The molecule has 6 heteroatoms. The Labute approximate surface area is 159 Å². The molecule has 3 N–H and O–H groups in total. The Kier molecular flexibility index (Phi) is 8.69. The van der Waals surface area contributed by atoms with Gasteiger partial charge in [0.1, 0.15) is 0 Å². The molecule has 2 rings (SSSR count). The number of benzene rings is 1. The highest BCUT2D eigenvalue weighted by atomic mass is 32.1. The minimum atomic E-state index is 0.0316. The number of hydrogen-bond donors (Lipinski definition) is 3. The fourth-order valence-electron chi connectivity index (χ4n) is 2.41. The summed E-state index contributed by atoms with van der Waals surface area (Å²) in [7, 11) is 0. The standard InChI is InChI=1S/C20H28N4OS/c1-3-21-20(24-14-16(2)18-10-7-13-26-18)22-12-11-19(25)23-15-17-8-5-4-6-9-17/h4-10,13,16H,3,11-12,14-15H2,1-2H3,(H,23,25)(H2,21,22,24). The van der Waals surface area contributed by atoms with Crippen LogP contribution in [-0.2, 0) is 11.3 Å².